The number of nitrogens with zero attached hydrogens (tertiary/aromatic N) is 5. The predicted octanol–water partition coefficient (Wildman–Crippen LogP) is 2.97. The Balaban J connectivity index is 1.50. The van der Waals surface area contributed by atoms with Gasteiger partial charge in [0.05, 0.1) is 0 Å². The van der Waals surface area contributed by atoms with E-state index in [0.717, 1.165) is 50.4 Å². The van der Waals surface area contributed by atoms with Gasteiger partial charge in [-0.3, -0.25) is 9.89 Å². The van der Waals surface area contributed by atoms with Crippen LogP contribution in [0.25, 0.3) is 0 Å². The number of rotatable bonds is 9. The van der Waals surface area contributed by atoms with Gasteiger partial charge in [-0.2, -0.15) is 0 Å². The second kappa shape index (κ2) is 11.7. The molecular formula is C23H37N7. The largest absolute Gasteiger partial charge is 0.355 e. The quantitative estimate of drug-likeness (QED) is 0.490. The van der Waals surface area contributed by atoms with E-state index < -0.39 is 0 Å². The number of guanidine groups is 1. The smallest absolute Gasteiger partial charge is 0.191 e. The maximum Gasteiger partial charge on any atom is 0.191 e. The summed E-state index contributed by atoms with van der Waals surface area (Å²) in [7, 11) is 4.09. The summed E-state index contributed by atoms with van der Waals surface area (Å²) < 4.78 is 2.08. The van der Waals surface area contributed by atoms with Gasteiger partial charge in [0.2, 0.25) is 0 Å². The van der Waals surface area contributed by atoms with Crippen molar-refractivity contribution in [3.05, 3.63) is 47.5 Å². The van der Waals surface area contributed by atoms with Crippen LogP contribution in [0.4, 0.5) is 0 Å². The van der Waals surface area contributed by atoms with Crippen molar-refractivity contribution in [1.82, 2.24) is 30.3 Å². The van der Waals surface area contributed by atoms with E-state index in [0.29, 0.717) is 0 Å². The van der Waals surface area contributed by atoms with Crippen LogP contribution >= 0.6 is 0 Å². The lowest BCUT2D eigenvalue weighted by Crippen LogP contribution is -2.39. The number of benzene rings is 1. The van der Waals surface area contributed by atoms with Crippen LogP contribution in [0.1, 0.15) is 56.0 Å². The van der Waals surface area contributed by atoms with Gasteiger partial charge in [0, 0.05) is 45.7 Å². The van der Waals surface area contributed by atoms with Gasteiger partial charge in [0.1, 0.15) is 12.2 Å². The Morgan fingerprint density at radius 2 is 1.93 bits per heavy atom. The SMILES string of the molecule is CCc1nncn1CCNC(=NC)NCc1ccccc1CN(C)C1CCCCC1. The summed E-state index contributed by atoms with van der Waals surface area (Å²) in [6, 6.07) is 9.46. The molecule has 7 heteroatoms. The zero-order chi connectivity index (χ0) is 21.2. The van der Waals surface area contributed by atoms with Crippen molar-refractivity contribution in [2.45, 2.75) is 71.1 Å². The molecule has 2 aromatic rings. The molecule has 1 aromatic heterocycles. The number of aliphatic imine (C=N–C) groups is 1. The molecule has 1 saturated carbocycles. The summed E-state index contributed by atoms with van der Waals surface area (Å²) in [5.41, 5.74) is 2.72. The highest BCUT2D eigenvalue weighted by Gasteiger charge is 2.18. The number of aromatic nitrogens is 3. The molecule has 0 spiro atoms. The molecule has 1 aliphatic carbocycles. The van der Waals surface area contributed by atoms with Crippen LogP contribution < -0.4 is 10.6 Å². The fourth-order valence-corrected chi connectivity index (χ4v) is 4.24. The van der Waals surface area contributed by atoms with E-state index >= 15 is 0 Å². The van der Waals surface area contributed by atoms with Crippen molar-refractivity contribution in [2.24, 2.45) is 4.99 Å². The molecular weight excluding hydrogens is 374 g/mol. The maximum atomic E-state index is 4.37. The molecule has 3 rings (SSSR count). The van der Waals surface area contributed by atoms with E-state index in [4.69, 9.17) is 0 Å². The minimum absolute atomic E-state index is 0.722. The molecule has 1 aromatic carbocycles. The van der Waals surface area contributed by atoms with E-state index in [1.165, 1.54) is 43.2 Å². The van der Waals surface area contributed by atoms with E-state index in [1.807, 2.05) is 7.05 Å². The third-order valence-electron chi connectivity index (χ3n) is 6.06. The summed E-state index contributed by atoms with van der Waals surface area (Å²) in [6.45, 7) is 5.46. The number of hydrogen-bond acceptors (Lipinski definition) is 4. The van der Waals surface area contributed by atoms with Crippen LogP contribution in [0.2, 0.25) is 0 Å². The molecule has 1 aliphatic rings. The van der Waals surface area contributed by atoms with E-state index in [2.05, 4.69) is 73.5 Å². The van der Waals surface area contributed by atoms with E-state index in [-0.39, 0.29) is 0 Å². The first-order valence-electron chi connectivity index (χ1n) is 11.3. The van der Waals surface area contributed by atoms with Crippen LogP contribution in [0.5, 0.6) is 0 Å². The lowest BCUT2D eigenvalue weighted by molar-refractivity contribution is 0.184. The fraction of sp³-hybridized carbons (Fsp3) is 0.609. The summed E-state index contributed by atoms with van der Waals surface area (Å²) in [4.78, 5) is 6.91. The molecule has 0 unspecified atom stereocenters. The zero-order valence-electron chi connectivity index (χ0n) is 18.8. The van der Waals surface area contributed by atoms with Crippen molar-refractivity contribution in [3.63, 3.8) is 0 Å². The van der Waals surface area contributed by atoms with Crippen LogP contribution in [0.3, 0.4) is 0 Å². The second-order valence-corrected chi connectivity index (χ2v) is 8.12. The van der Waals surface area contributed by atoms with Gasteiger partial charge in [-0.15, -0.1) is 10.2 Å². The van der Waals surface area contributed by atoms with Crippen LogP contribution in [0, 0.1) is 0 Å². The van der Waals surface area contributed by atoms with Gasteiger partial charge in [-0.05, 0) is 31.0 Å². The molecule has 1 heterocycles. The van der Waals surface area contributed by atoms with Crippen molar-refractivity contribution in [1.29, 1.82) is 0 Å². The third-order valence-corrected chi connectivity index (χ3v) is 6.06. The van der Waals surface area contributed by atoms with Crippen molar-refractivity contribution in [3.8, 4) is 0 Å². The van der Waals surface area contributed by atoms with Crippen molar-refractivity contribution >= 4 is 5.96 Å². The van der Waals surface area contributed by atoms with Crippen molar-refractivity contribution < 1.29 is 0 Å². The Labute approximate surface area is 181 Å². The third kappa shape index (κ3) is 6.29. The zero-order valence-corrected chi connectivity index (χ0v) is 18.8. The van der Waals surface area contributed by atoms with Crippen molar-refractivity contribution in [2.75, 3.05) is 20.6 Å². The average molecular weight is 412 g/mol. The van der Waals surface area contributed by atoms with Gasteiger partial charge in [-0.1, -0.05) is 50.5 Å². The van der Waals surface area contributed by atoms with E-state index in [1.54, 1.807) is 6.33 Å². The average Bonchev–Trinajstić information content (AvgIpc) is 3.25. The van der Waals surface area contributed by atoms with Gasteiger partial charge in [0.15, 0.2) is 5.96 Å². The first kappa shape index (κ1) is 22.3. The Morgan fingerprint density at radius 3 is 2.67 bits per heavy atom. The Kier molecular flexibility index (Phi) is 8.68. The molecule has 2 N–H and O–H groups in total. The first-order valence-corrected chi connectivity index (χ1v) is 11.3. The summed E-state index contributed by atoms with van der Waals surface area (Å²) in [5.74, 6) is 1.83. The van der Waals surface area contributed by atoms with Gasteiger partial charge in [-0.25, -0.2) is 0 Å². The first-order chi connectivity index (χ1) is 14.7. The molecule has 164 valence electrons. The summed E-state index contributed by atoms with van der Waals surface area (Å²) in [6.07, 6.45) is 9.48. The van der Waals surface area contributed by atoms with Crippen LogP contribution in [-0.4, -0.2) is 52.3 Å². The molecule has 0 amide bonds. The highest BCUT2D eigenvalue weighted by atomic mass is 15.3. The van der Waals surface area contributed by atoms with Crippen LogP contribution in [-0.2, 0) is 26.1 Å². The topological polar surface area (TPSA) is 70.4 Å². The monoisotopic (exact) mass is 411 g/mol. The highest BCUT2D eigenvalue weighted by Crippen LogP contribution is 2.23. The lowest BCUT2D eigenvalue weighted by Gasteiger charge is -2.31. The second-order valence-electron chi connectivity index (χ2n) is 8.12. The molecule has 0 aliphatic heterocycles. The predicted molar refractivity (Wildman–Crippen MR) is 122 cm³/mol. The number of aryl methyl sites for hydroxylation is 1. The van der Waals surface area contributed by atoms with Gasteiger partial charge in [0.25, 0.3) is 0 Å². The fourth-order valence-electron chi connectivity index (χ4n) is 4.24. The number of hydrogen-bond donors (Lipinski definition) is 2. The molecule has 0 radical (unpaired) electrons. The van der Waals surface area contributed by atoms with Gasteiger partial charge < -0.3 is 15.2 Å². The van der Waals surface area contributed by atoms with Crippen LogP contribution in [0.15, 0.2) is 35.6 Å². The number of nitrogens with one attached hydrogen (secondary N) is 2. The lowest BCUT2D eigenvalue weighted by atomic mass is 9.94. The Bertz CT molecular complexity index is 792. The minimum Gasteiger partial charge on any atom is -0.355 e. The molecule has 7 nitrogen and oxygen atoms in total. The molecule has 30 heavy (non-hydrogen) atoms. The maximum absolute atomic E-state index is 4.37. The van der Waals surface area contributed by atoms with E-state index in [9.17, 15) is 0 Å². The standard InChI is InChI=1S/C23H37N7/c1-4-22-28-27-18-30(22)15-14-25-23(24-2)26-16-19-10-8-9-11-20(19)17-29(3)21-12-6-5-7-13-21/h8-11,18,21H,4-7,12-17H2,1-3H3,(H2,24,25,26). The summed E-state index contributed by atoms with van der Waals surface area (Å²) >= 11 is 0. The summed E-state index contributed by atoms with van der Waals surface area (Å²) in [5, 5.41) is 15.0. The van der Waals surface area contributed by atoms with Gasteiger partial charge >= 0.3 is 0 Å². The Hall–Kier alpha value is -2.41. The molecule has 0 atom stereocenters. The minimum atomic E-state index is 0.722. The molecule has 0 bridgehead atoms. The highest BCUT2D eigenvalue weighted by molar-refractivity contribution is 5.79. The Morgan fingerprint density at radius 1 is 1.17 bits per heavy atom. The normalized spacial score (nSPS) is 15.5. The molecule has 1 fully saturated rings. The molecule has 0 saturated heterocycles.